The molecule has 0 unspecified atom stereocenters. The van der Waals surface area contributed by atoms with E-state index in [1.54, 1.807) is 24.3 Å². The summed E-state index contributed by atoms with van der Waals surface area (Å²) in [7, 11) is 1.43. The second-order valence-corrected chi connectivity index (χ2v) is 6.33. The number of aromatic hydroxyl groups is 1. The minimum atomic E-state index is -0.409. The van der Waals surface area contributed by atoms with Gasteiger partial charge >= 0.3 is 0 Å². The molecule has 1 N–H and O–H groups in total. The molecule has 0 radical (unpaired) electrons. The molecule has 1 aliphatic heterocycles. The van der Waals surface area contributed by atoms with E-state index in [1.165, 1.54) is 13.2 Å². The van der Waals surface area contributed by atoms with Crippen LogP contribution in [0.1, 0.15) is 12.0 Å². The smallest absolute Gasteiger partial charge is 0.223 e. The number of benzene rings is 2. The van der Waals surface area contributed by atoms with Gasteiger partial charge in [0.1, 0.15) is 5.75 Å². The van der Waals surface area contributed by atoms with Crippen LogP contribution in [0.4, 0.5) is 10.1 Å². The molecule has 0 spiro atoms. The Morgan fingerprint density at radius 3 is 2.54 bits per heavy atom. The molecule has 6 heteroatoms. The molecule has 2 aromatic rings. The third-order valence-corrected chi connectivity index (χ3v) is 4.70. The van der Waals surface area contributed by atoms with E-state index >= 15 is 0 Å². The van der Waals surface area contributed by atoms with Gasteiger partial charge in [-0.3, -0.25) is 4.79 Å². The molecule has 1 aliphatic rings. The van der Waals surface area contributed by atoms with Crippen molar-refractivity contribution in [3.8, 4) is 11.5 Å². The Balaban J connectivity index is 1.51. The van der Waals surface area contributed by atoms with Crippen molar-refractivity contribution < 1.29 is 19.0 Å². The Morgan fingerprint density at radius 2 is 1.88 bits per heavy atom. The zero-order valence-corrected chi connectivity index (χ0v) is 14.8. The molecular formula is C20H23FN2O3. The van der Waals surface area contributed by atoms with Crippen LogP contribution in [-0.2, 0) is 11.2 Å². The fourth-order valence-electron chi connectivity index (χ4n) is 3.20. The summed E-state index contributed by atoms with van der Waals surface area (Å²) in [6, 6.07) is 12.0. The van der Waals surface area contributed by atoms with Crippen molar-refractivity contribution >= 4 is 11.6 Å². The van der Waals surface area contributed by atoms with Crippen LogP contribution < -0.4 is 9.64 Å². The van der Waals surface area contributed by atoms with Crippen LogP contribution in [0.5, 0.6) is 11.5 Å². The minimum absolute atomic E-state index is 0.0677. The lowest BCUT2D eigenvalue weighted by Crippen LogP contribution is -2.48. The quantitative estimate of drug-likeness (QED) is 0.893. The summed E-state index contributed by atoms with van der Waals surface area (Å²) in [5, 5.41) is 9.95. The van der Waals surface area contributed by atoms with E-state index in [-0.39, 0.29) is 17.4 Å². The average molecular weight is 358 g/mol. The molecule has 0 atom stereocenters. The molecule has 1 amide bonds. The van der Waals surface area contributed by atoms with Crippen LogP contribution in [0.25, 0.3) is 0 Å². The van der Waals surface area contributed by atoms with Crippen LogP contribution in [0.3, 0.4) is 0 Å². The lowest BCUT2D eigenvalue weighted by atomic mass is 10.1. The fourth-order valence-corrected chi connectivity index (χ4v) is 3.20. The number of aryl methyl sites for hydroxylation is 1. The number of halogens is 1. The molecule has 138 valence electrons. The molecule has 0 aromatic heterocycles. The number of carbonyl (C=O) groups excluding carboxylic acids is 1. The van der Waals surface area contributed by atoms with Gasteiger partial charge in [0.15, 0.2) is 11.6 Å². The number of para-hydroxylation sites is 2. The van der Waals surface area contributed by atoms with Crippen molar-refractivity contribution in [3.05, 3.63) is 53.8 Å². The van der Waals surface area contributed by atoms with Crippen molar-refractivity contribution in [2.45, 2.75) is 12.8 Å². The highest BCUT2D eigenvalue weighted by Crippen LogP contribution is 2.27. The van der Waals surface area contributed by atoms with Crippen molar-refractivity contribution in [3.63, 3.8) is 0 Å². The maximum atomic E-state index is 13.7. The van der Waals surface area contributed by atoms with E-state index in [2.05, 4.69) is 4.90 Å². The van der Waals surface area contributed by atoms with E-state index in [0.717, 1.165) is 11.3 Å². The number of phenols is 1. The number of anilines is 1. The summed E-state index contributed by atoms with van der Waals surface area (Å²) in [5.41, 5.74) is 1.58. The number of ether oxygens (including phenoxy) is 1. The van der Waals surface area contributed by atoms with Gasteiger partial charge in [0.05, 0.1) is 12.8 Å². The largest absolute Gasteiger partial charge is 0.506 e. The van der Waals surface area contributed by atoms with Crippen molar-refractivity contribution in [1.82, 2.24) is 4.90 Å². The van der Waals surface area contributed by atoms with Crippen LogP contribution in [0, 0.1) is 5.82 Å². The lowest BCUT2D eigenvalue weighted by molar-refractivity contribution is -0.131. The Bertz CT molecular complexity index is 773. The first kappa shape index (κ1) is 18.0. The van der Waals surface area contributed by atoms with Crippen molar-refractivity contribution in [2.75, 3.05) is 38.2 Å². The molecule has 1 fully saturated rings. The average Bonchev–Trinajstić information content (AvgIpc) is 2.67. The van der Waals surface area contributed by atoms with Crippen LogP contribution in [0.2, 0.25) is 0 Å². The number of methoxy groups -OCH3 is 1. The van der Waals surface area contributed by atoms with Gasteiger partial charge in [-0.05, 0) is 36.2 Å². The molecule has 1 heterocycles. The Hall–Kier alpha value is -2.76. The SMILES string of the molecule is COc1ccc(CCC(=O)N2CCN(c3ccccc3O)CC2)cc1F. The Labute approximate surface area is 152 Å². The number of phenolic OH excluding ortho intramolecular Hbond substituents is 1. The van der Waals surface area contributed by atoms with Crippen LogP contribution in [-0.4, -0.2) is 49.2 Å². The Morgan fingerprint density at radius 1 is 1.15 bits per heavy atom. The van der Waals surface area contributed by atoms with Gasteiger partial charge in [-0.1, -0.05) is 18.2 Å². The summed E-state index contributed by atoms with van der Waals surface area (Å²) in [6.45, 7) is 2.59. The standard InChI is InChI=1S/C20H23FN2O3/c1-26-19-8-6-15(14-16(19)21)7-9-20(25)23-12-10-22(11-13-23)17-4-2-3-5-18(17)24/h2-6,8,14,24H,7,9-13H2,1H3. The van der Waals surface area contributed by atoms with Gasteiger partial charge in [-0.15, -0.1) is 0 Å². The molecule has 0 aliphatic carbocycles. The van der Waals surface area contributed by atoms with Gasteiger partial charge < -0.3 is 19.6 Å². The molecule has 0 bridgehead atoms. The van der Waals surface area contributed by atoms with E-state index < -0.39 is 5.82 Å². The zero-order chi connectivity index (χ0) is 18.5. The van der Waals surface area contributed by atoms with Crippen molar-refractivity contribution in [2.24, 2.45) is 0 Å². The van der Waals surface area contributed by atoms with Crippen molar-refractivity contribution in [1.29, 1.82) is 0 Å². The monoisotopic (exact) mass is 358 g/mol. The molecule has 26 heavy (non-hydrogen) atoms. The van der Waals surface area contributed by atoms with Gasteiger partial charge in [-0.2, -0.15) is 0 Å². The van der Waals surface area contributed by atoms with E-state index in [1.807, 2.05) is 17.0 Å². The Kier molecular flexibility index (Phi) is 5.61. The van der Waals surface area contributed by atoms with Gasteiger partial charge in [0, 0.05) is 32.6 Å². The lowest BCUT2D eigenvalue weighted by Gasteiger charge is -2.36. The van der Waals surface area contributed by atoms with Gasteiger partial charge in [-0.25, -0.2) is 4.39 Å². The molecule has 3 rings (SSSR count). The van der Waals surface area contributed by atoms with Gasteiger partial charge in [0.25, 0.3) is 0 Å². The highest BCUT2D eigenvalue weighted by molar-refractivity contribution is 5.77. The number of hydrogen-bond donors (Lipinski definition) is 1. The van der Waals surface area contributed by atoms with Gasteiger partial charge in [0.2, 0.25) is 5.91 Å². The van der Waals surface area contributed by atoms with E-state index in [0.29, 0.717) is 39.0 Å². The molecule has 2 aromatic carbocycles. The number of amides is 1. The van der Waals surface area contributed by atoms with Crippen LogP contribution in [0.15, 0.2) is 42.5 Å². The summed E-state index contributed by atoms with van der Waals surface area (Å²) >= 11 is 0. The maximum Gasteiger partial charge on any atom is 0.223 e. The summed E-state index contributed by atoms with van der Waals surface area (Å²) in [4.78, 5) is 16.3. The third-order valence-electron chi connectivity index (χ3n) is 4.70. The predicted molar refractivity (Wildman–Crippen MR) is 98.2 cm³/mol. The first-order valence-corrected chi connectivity index (χ1v) is 8.71. The second-order valence-electron chi connectivity index (χ2n) is 6.33. The van der Waals surface area contributed by atoms with Crippen LogP contribution >= 0.6 is 0 Å². The predicted octanol–water partition coefficient (Wildman–Crippen LogP) is 2.82. The molecular weight excluding hydrogens is 335 g/mol. The first-order valence-electron chi connectivity index (χ1n) is 8.71. The molecule has 5 nitrogen and oxygen atoms in total. The zero-order valence-electron chi connectivity index (χ0n) is 14.8. The topological polar surface area (TPSA) is 53.0 Å². The summed E-state index contributed by atoms with van der Waals surface area (Å²) in [5.74, 6) is 0.126. The number of hydrogen-bond acceptors (Lipinski definition) is 4. The third kappa shape index (κ3) is 4.07. The normalized spacial score (nSPS) is 14.4. The second kappa shape index (κ2) is 8.08. The minimum Gasteiger partial charge on any atom is -0.506 e. The number of piperazine rings is 1. The summed E-state index contributed by atoms with van der Waals surface area (Å²) < 4.78 is 18.6. The maximum absolute atomic E-state index is 13.7. The number of carbonyl (C=O) groups is 1. The molecule has 0 saturated carbocycles. The fraction of sp³-hybridized carbons (Fsp3) is 0.350. The number of nitrogens with zero attached hydrogens (tertiary/aromatic N) is 2. The highest BCUT2D eigenvalue weighted by Gasteiger charge is 2.22. The highest BCUT2D eigenvalue weighted by atomic mass is 19.1. The molecule has 1 saturated heterocycles. The first-order chi connectivity index (χ1) is 12.6. The number of rotatable bonds is 5. The van der Waals surface area contributed by atoms with E-state index in [9.17, 15) is 14.3 Å². The van der Waals surface area contributed by atoms with E-state index in [4.69, 9.17) is 4.74 Å². The summed E-state index contributed by atoms with van der Waals surface area (Å²) in [6.07, 6.45) is 0.849.